The van der Waals surface area contributed by atoms with Gasteiger partial charge in [-0.15, -0.1) is 0 Å². The third-order valence-electron chi connectivity index (χ3n) is 3.19. The lowest BCUT2D eigenvalue weighted by atomic mass is 10.1. The first-order valence-corrected chi connectivity index (χ1v) is 6.47. The third kappa shape index (κ3) is 4.29. The molecule has 0 saturated carbocycles. The number of carboxylic acids is 1. The second-order valence-electron chi connectivity index (χ2n) is 5.08. The number of urea groups is 1. The van der Waals surface area contributed by atoms with Crippen LogP contribution in [0.25, 0.3) is 0 Å². The van der Waals surface area contributed by atoms with Crippen molar-refractivity contribution in [2.45, 2.75) is 32.4 Å². The van der Waals surface area contributed by atoms with E-state index in [-0.39, 0.29) is 12.0 Å². The summed E-state index contributed by atoms with van der Waals surface area (Å²) in [5.41, 5.74) is 0. The molecule has 3 amide bonds. The second-order valence-corrected chi connectivity index (χ2v) is 5.08. The van der Waals surface area contributed by atoms with Crippen LogP contribution in [0.1, 0.15) is 20.3 Å². The maximum Gasteiger partial charge on any atom is 0.407 e. The Labute approximate surface area is 117 Å². The molecule has 8 nitrogen and oxygen atoms in total. The van der Waals surface area contributed by atoms with Crippen molar-refractivity contribution in [1.29, 1.82) is 0 Å². The van der Waals surface area contributed by atoms with E-state index in [0.29, 0.717) is 19.5 Å². The minimum absolute atomic E-state index is 0.171. The fraction of sp³-hybridized carbons (Fsp3) is 0.750. The molecule has 3 N–H and O–H groups in total. The number of ether oxygens (including phenoxy) is 1. The number of amides is 3. The van der Waals surface area contributed by atoms with E-state index >= 15 is 0 Å². The van der Waals surface area contributed by atoms with Crippen molar-refractivity contribution in [2.24, 2.45) is 5.92 Å². The van der Waals surface area contributed by atoms with Crippen LogP contribution in [-0.2, 0) is 9.53 Å². The van der Waals surface area contributed by atoms with Gasteiger partial charge >= 0.3 is 18.1 Å². The molecular weight excluding hydrogens is 266 g/mol. The molecule has 0 aromatic rings. The molecule has 2 atom stereocenters. The summed E-state index contributed by atoms with van der Waals surface area (Å²) >= 11 is 0. The fourth-order valence-corrected chi connectivity index (χ4v) is 2.03. The number of nitrogens with one attached hydrogen (secondary N) is 2. The van der Waals surface area contributed by atoms with Gasteiger partial charge in [0.25, 0.3) is 0 Å². The number of hydrogen-bond acceptors (Lipinski definition) is 4. The van der Waals surface area contributed by atoms with E-state index in [1.54, 1.807) is 13.8 Å². The maximum atomic E-state index is 12.0. The molecule has 1 rings (SSSR count). The van der Waals surface area contributed by atoms with Crippen LogP contribution >= 0.6 is 0 Å². The van der Waals surface area contributed by atoms with Crippen LogP contribution in [0.4, 0.5) is 9.59 Å². The molecule has 1 aliphatic heterocycles. The van der Waals surface area contributed by atoms with Crippen molar-refractivity contribution in [3.63, 3.8) is 0 Å². The number of hydrogen-bond donors (Lipinski definition) is 3. The number of alkyl carbamates (subject to hydrolysis) is 1. The summed E-state index contributed by atoms with van der Waals surface area (Å²) in [6.07, 6.45) is 0.0740. The lowest BCUT2D eigenvalue weighted by Crippen LogP contribution is -2.50. The summed E-state index contributed by atoms with van der Waals surface area (Å²) in [5, 5.41) is 14.1. The van der Waals surface area contributed by atoms with Crippen LogP contribution in [0.5, 0.6) is 0 Å². The number of nitrogens with zero attached hydrogens (tertiary/aromatic N) is 1. The van der Waals surface area contributed by atoms with Gasteiger partial charge in [-0.25, -0.2) is 14.4 Å². The lowest BCUT2D eigenvalue weighted by molar-refractivity contribution is -0.140. The van der Waals surface area contributed by atoms with E-state index in [1.807, 2.05) is 0 Å². The van der Waals surface area contributed by atoms with Crippen LogP contribution in [0.3, 0.4) is 0 Å². The van der Waals surface area contributed by atoms with Gasteiger partial charge in [-0.2, -0.15) is 0 Å². The average molecular weight is 287 g/mol. The van der Waals surface area contributed by atoms with Gasteiger partial charge in [-0.05, 0) is 12.3 Å². The smallest absolute Gasteiger partial charge is 0.407 e. The first-order chi connectivity index (χ1) is 9.35. The number of methoxy groups -OCH3 is 1. The molecule has 8 heteroatoms. The van der Waals surface area contributed by atoms with E-state index in [4.69, 9.17) is 5.11 Å². The average Bonchev–Trinajstić information content (AvgIpc) is 2.83. The lowest BCUT2D eigenvalue weighted by Gasteiger charge is -2.23. The largest absolute Gasteiger partial charge is 0.480 e. The van der Waals surface area contributed by atoms with Gasteiger partial charge in [0.2, 0.25) is 0 Å². The number of aliphatic carboxylic acids is 1. The molecule has 0 spiro atoms. The number of carboxylic acid groups (broad SMARTS) is 1. The van der Waals surface area contributed by atoms with Crippen LogP contribution in [0, 0.1) is 5.92 Å². The van der Waals surface area contributed by atoms with Gasteiger partial charge in [-0.1, -0.05) is 13.8 Å². The summed E-state index contributed by atoms with van der Waals surface area (Å²) in [5.74, 6) is -1.26. The Bertz CT molecular complexity index is 385. The highest BCUT2D eigenvalue weighted by Gasteiger charge is 2.31. The van der Waals surface area contributed by atoms with Crippen molar-refractivity contribution >= 4 is 18.1 Å². The molecule has 0 aliphatic carbocycles. The Balaban J connectivity index is 2.49. The molecule has 1 saturated heterocycles. The Morgan fingerprint density at radius 2 is 2.00 bits per heavy atom. The summed E-state index contributed by atoms with van der Waals surface area (Å²) in [7, 11) is 1.27. The van der Waals surface area contributed by atoms with E-state index in [0.717, 1.165) is 0 Å². The SMILES string of the molecule is COC(=O)NC1CCN(C(=O)N[C@@H](C(=O)O)C(C)C)C1. The van der Waals surface area contributed by atoms with E-state index < -0.39 is 24.1 Å². The predicted octanol–water partition coefficient (Wildman–Crippen LogP) is 0.236. The van der Waals surface area contributed by atoms with Gasteiger partial charge in [-0.3, -0.25) is 0 Å². The Hall–Kier alpha value is -1.99. The summed E-state index contributed by atoms with van der Waals surface area (Å²) in [6.45, 7) is 4.26. The van der Waals surface area contributed by atoms with Crippen LogP contribution < -0.4 is 10.6 Å². The van der Waals surface area contributed by atoms with Gasteiger partial charge in [0.15, 0.2) is 0 Å². The Morgan fingerprint density at radius 1 is 1.35 bits per heavy atom. The van der Waals surface area contributed by atoms with Gasteiger partial charge < -0.3 is 25.4 Å². The molecule has 1 unspecified atom stereocenters. The molecule has 20 heavy (non-hydrogen) atoms. The summed E-state index contributed by atoms with van der Waals surface area (Å²) in [6, 6.07) is -1.52. The predicted molar refractivity (Wildman–Crippen MR) is 70.3 cm³/mol. The van der Waals surface area contributed by atoms with Crippen LogP contribution in [0.15, 0.2) is 0 Å². The first-order valence-electron chi connectivity index (χ1n) is 6.47. The van der Waals surface area contributed by atoms with E-state index in [2.05, 4.69) is 15.4 Å². The van der Waals surface area contributed by atoms with Crippen molar-refractivity contribution in [3.05, 3.63) is 0 Å². The van der Waals surface area contributed by atoms with Crippen molar-refractivity contribution in [2.75, 3.05) is 20.2 Å². The standard InChI is InChI=1S/C12H21N3O5/c1-7(2)9(10(16)17)14-11(18)15-5-4-8(6-15)13-12(19)20-3/h7-9H,4-6H2,1-3H3,(H,13,19)(H,14,18)(H,16,17)/t8?,9-/m1/s1. The highest BCUT2D eigenvalue weighted by atomic mass is 16.5. The molecule has 1 heterocycles. The first kappa shape index (κ1) is 16.1. The monoisotopic (exact) mass is 287 g/mol. The highest BCUT2D eigenvalue weighted by molar-refractivity contribution is 5.83. The number of likely N-dealkylation sites (tertiary alicyclic amines) is 1. The maximum absolute atomic E-state index is 12.0. The zero-order valence-corrected chi connectivity index (χ0v) is 11.9. The number of carbonyl (C=O) groups excluding carboxylic acids is 2. The molecule has 0 aromatic heterocycles. The van der Waals surface area contributed by atoms with Crippen molar-refractivity contribution in [3.8, 4) is 0 Å². The van der Waals surface area contributed by atoms with Crippen molar-refractivity contribution < 1.29 is 24.2 Å². The minimum atomic E-state index is -1.06. The normalized spacial score (nSPS) is 19.6. The van der Waals surface area contributed by atoms with Crippen LogP contribution in [0.2, 0.25) is 0 Å². The van der Waals surface area contributed by atoms with Crippen LogP contribution in [-0.4, -0.2) is 60.4 Å². The van der Waals surface area contributed by atoms with Gasteiger partial charge in [0, 0.05) is 13.1 Å². The summed E-state index contributed by atoms with van der Waals surface area (Å²) in [4.78, 5) is 35.6. The second kappa shape index (κ2) is 6.97. The number of carbonyl (C=O) groups is 3. The van der Waals surface area contributed by atoms with Gasteiger partial charge in [0.1, 0.15) is 6.04 Å². The molecular formula is C12H21N3O5. The van der Waals surface area contributed by atoms with E-state index in [1.165, 1.54) is 12.0 Å². The van der Waals surface area contributed by atoms with Crippen molar-refractivity contribution in [1.82, 2.24) is 15.5 Å². The molecule has 0 radical (unpaired) electrons. The molecule has 1 fully saturated rings. The molecule has 1 aliphatic rings. The summed E-state index contributed by atoms with van der Waals surface area (Å²) < 4.78 is 4.49. The molecule has 114 valence electrons. The zero-order valence-electron chi connectivity index (χ0n) is 11.9. The topological polar surface area (TPSA) is 108 Å². The third-order valence-corrected chi connectivity index (χ3v) is 3.19. The Kier molecular flexibility index (Phi) is 5.60. The van der Waals surface area contributed by atoms with Gasteiger partial charge in [0.05, 0.1) is 13.2 Å². The minimum Gasteiger partial charge on any atom is -0.480 e. The number of rotatable bonds is 4. The molecule has 0 bridgehead atoms. The highest BCUT2D eigenvalue weighted by Crippen LogP contribution is 2.11. The fourth-order valence-electron chi connectivity index (χ4n) is 2.03. The van der Waals surface area contributed by atoms with E-state index in [9.17, 15) is 14.4 Å². The Morgan fingerprint density at radius 3 is 2.50 bits per heavy atom. The quantitative estimate of drug-likeness (QED) is 0.686. The zero-order chi connectivity index (χ0) is 15.3. The molecule has 0 aromatic carbocycles.